The summed E-state index contributed by atoms with van der Waals surface area (Å²) in [5.74, 6) is 0.531. The molecule has 1 aromatic heterocycles. The molecule has 2 rings (SSSR count). The van der Waals surface area contributed by atoms with Gasteiger partial charge in [-0.15, -0.1) is 0 Å². The summed E-state index contributed by atoms with van der Waals surface area (Å²) >= 11 is 0. The van der Waals surface area contributed by atoms with Crippen molar-refractivity contribution < 1.29 is 9.21 Å². The highest BCUT2D eigenvalue weighted by molar-refractivity contribution is 5.97. The third-order valence-electron chi connectivity index (χ3n) is 3.27. The summed E-state index contributed by atoms with van der Waals surface area (Å²) in [6.07, 6.45) is 5.34. The third kappa shape index (κ3) is 1.97. The number of amides is 1. The molecule has 1 aromatic rings. The van der Waals surface area contributed by atoms with Crippen LogP contribution in [0.4, 0.5) is 5.69 Å². The Morgan fingerprint density at radius 3 is 3.00 bits per heavy atom. The van der Waals surface area contributed by atoms with E-state index < -0.39 is 0 Å². The van der Waals surface area contributed by atoms with E-state index in [9.17, 15) is 4.79 Å². The van der Waals surface area contributed by atoms with Gasteiger partial charge in [0.1, 0.15) is 6.26 Å². The van der Waals surface area contributed by atoms with Crippen LogP contribution in [0.2, 0.25) is 0 Å². The predicted molar refractivity (Wildman–Crippen MR) is 62.3 cm³/mol. The number of hydrogen-bond acceptors (Lipinski definition) is 3. The molecule has 1 amide bonds. The van der Waals surface area contributed by atoms with Crippen LogP contribution in [0.15, 0.2) is 23.0 Å². The standard InChI is InChI=1S/C12H18N2O2/c1-9-4-3-6-14(10-5-7-16-8-10)12(15)11(9)13-2/h5,7-9,11,13H,3-4,6H2,1-2H3. The Kier molecular flexibility index (Phi) is 3.29. The second-order valence-corrected chi connectivity index (χ2v) is 4.36. The summed E-state index contributed by atoms with van der Waals surface area (Å²) in [6, 6.07) is 1.75. The van der Waals surface area contributed by atoms with E-state index in [0.717, 1.165) is 25.1 Å². The lowest BCUT2D eigenvalue weighted by molar-refractivity contribution is -0.121. The average molecular weight is 222 g/mol. The zero-order valence-corrected chi connectivity index (χ0v) is 9.77. The van der Waals surface area contributed by atoms with Gasteiger partial charge in [-0.2, -0.15) is 0 Å². The zero-order chi connectivity index (χ0) is 11.5. The van der Waals surface area contributed by atoms with Gasteiger partial charge in [-0.3, -0.25) is 4.79 Å². The highest BCUT2D eigenvalue weighted by Crippen LogP contribution is 2.23. The summed E-state index contributed by atoms with van der Waals surface area (Å²) in [5.41, 5.74) is 0.861. The van der Waals surface area contributed by atoms with Gasteiger partial charge in [-0.25, -0.2) is 0 Å². The summed E-state index contributed by atoms with van der Waals surface area (Å²) in [7, 11) is 1.85. The van der Waals surface area contributed by atoms with Crippen molar-refractivity contribution in [3.8, 4) is 0 Å². The molecule has 0 spiro atoms. The van der Waals surface area contributed by atoms with E-state index in [-0.39, 0.29) is 11.9 Å². The van der Waals surface area contributed by atoms with Crippen molar-refractivity contribution in [3.05, 3.63) is 18.6 Å². The van der Waals surface area contributed by atoms with E-state index in [1.807, 2.05) is 18.0 Å². The SMILES string of the molecule is CNC1C(=O)N(c2ccoc2)CCCC1C. The number of nitrogens with one attached hydrogen (secondary N) is 1. The molecule has 2 unspecified atom stereocenters. The van der Waals surface area contributed by atoms with Crippen LogP contribution in [0, 0.1) is 5.92 Å². The lowest BCUT2D eigenvalue weighted by atomic mass is 9.98. The summed E-state index contributed by atoms with van der Waals surface area (Å²) in [4.78, 5) is 14.1. The van der Waals surface area contributed by atoms with Gasteiger partial charge in [-0.1, -0.05) is 6.92 Å². The Balaban J connectivity index is 2.23. The monoisotopic (exact) mass is 222 g/mol. The normalized spacial score (nSPS) is 26.9. The average Bonchev–Trinajstić information content (AvgIpc) is 2.74. The van der Waals surface area contributed by atoms with Crippen molar-refractivity contribution >= 4 is 11.6 Å². The van der Waals surface area contributed by atoms with E-state index >= 15 is 0 Å². The van der Waals surface area contributed by atoms with Crippen LogP contribution in [0.25, 0.3) is 0 Å². The van der Waals surface area contributed by atoms with Crippen LogP contribution in [0.5, 0.6) is 0 Å². The van der Waals surface area contributed by atoms with Gasteiger partial charge < -0.3 is 14.6 Å². The number of furan rings is 1. The maximum Gasteiger partial charge on any atom is 0.244 e. The molecule has 4 nitrogen and oxygen atoms in total. The fraction of sp³-hybridized carbons (Fsp3) is 0.583. The topological polar surface area (TPSA) is 45.5 Å². The molecule has 4 heteroatoms. The summed E-state index contributed by atoms with van der Waals surface area (Å²) in [6.45, 7) is 2.90. The van der Waals surface area contributed by atoms with Crippen molar-refractivity contribution in [3.63, 3.8) is 0 Å². The Hall–Kier alpha value is -1.29. The molecule has 0 saturated carbocycles. The van der Waals surface area contributed by atoms with Crippen molar-refractivity contribution in [2.45, 2.75) is 25.8 Å². The van der Waals surface area contributed by atoms with Gasteiger partial charge >= 0.3 is 0 Å². The van der Waals surface area contributed by atoms with Crippen molar-refractivity contribution in [1.29, 1.82) is 0 Å². The predicted octanol–water partition coefficient (Wildman–Crippen LogP) is 1.63. The smallest absolute Gasteiger partial charge is 0.244 e. The molecule has 1 fully saturated rings. The summed E-state index contributed by atoms with van der Waals surface area (Å²) < 4.78 is 5.04. The Labute approximate surface area is 95.6 Å². The lowest BCUT2D eigenvalue weighted by Gasteiger charge is -2.24. The molecule has 2 heterocycles. The minimum absolute atomic E-state index is 0.0857. The number of likely N-dealkylation sites (N-methyl/N-ethyl adjacent to an activating group) is 1. The van der Waals surface area contributed by atoms with Crippen LogP contribution in [-0.4, -0.2) is 25.5 Å². The molecular formula is C12H18N2O2. The van der Waals surface area contributed by atoms with Gasteiger partial charge in [0.15, 0.2) is 0 Å². The second-order valence-electron chi connectivity index (χ2n) is 4.36. The fourth-order valence-corrected chi connectivity index (χ4v) is 2.33. The summed E-state index contributed by atoms with van der Waals surface area (Å²) in [5, 5.41) is 3.11. The molecule has 1 saturated heterocycles. The van der Waals surface area contributed by atoms with Gasteiger partial charge in [-0.05, 0) is 25.8 Å². The van der Waals surface area contributed by atoms with Gasteiger partial charge in [0.05, 0.1) is 18.0 Å². The minimum Gasteiger partial charge on any atom is -0.470 e. The van der Waals surface area contributed by atoms with Crippen LogP contribution in [0.3, 0.4) is 0 Å². The Bertz CT molecular complexity index is 348. The van der Waals surface area contributed by atoms with Gasteiger partial charge in [0, 0.05) is 12.6 Å². The number of hydrogen-bond donors (Lipinski definition) is 1. The molecule has 1 aliphatic heterocycles. The number of carbonyl (C=O) groups is 1. The van der Waals surface area contributed by atoms with Crippen LogP contribution in [-0.2, 0) is 4.79 Å². The zero-order valence-electron chi connectivity index (χ0n) is 9.77. The van der Waals surface area contributed by atoms with Crippen molar-refractivity contribution in [1.82, 2.24) is 5.32 Å². The number of nitrogens with zero attached hydrogens (tertiary/aromatic N) is 1. The van der Waals surface area contributed by atoms with Crippen LogP contribution in [0.1, 0.15) is 19.8 Å². The Morgan fingerprint density at radius 1 is 1.56 bits per heavy atom. The molecule has 0 aromatic carbocycles. The molecule has 88 valence electrons. The second kappa shape index (κ2) is 4.70. The fourth-order valence-electron chi connectivity index (χ4n) is 2.33. The molecule has 0 aliphatic carbocycles. The molecule has 16 heavy (non-hydrogen) atoms. The van der Waals surface area contributed by atoms with E-state index in [2.05, 4.69) is 12.2 Å². The van der Waals surface area contributed by atoms with E-state index in [4.69, 9.17) is 4.42 Å². The highest BCUT2D eigenvalue weighted by atomic mass is 16.3. The first-order valence-corrected chi connectivity index (χ1v) is 5.75. The van der Waals surface area contributed by atoms with Gasteiger partial charge in [0.2, 0.25) is 5.91 Å². The number of carbonyl (C=O) groups excluding carboxylic acids is 1. The maximum atomic E-state index is 12.3. The first-order chi connectivity index (χ1) is 7.74. The van der Waals surface area contributed by atoms with E-state index in [1.54, 1.807) is 12.5 Å². The third-order valence-corrected chi connectivity index (χ3v) is 3.27. The minimum atomic E-state index is -0.0857. The maximum absolute atomic E-state index is 12.3. The van der Waals surface area contributed by atoms with Crippen LogP contribution < -0.4 is 10.2 Å². The van der Waals surface area contributed by atoms with Crippen molar-refractivity contribution in [2.24, 2.45) is 5.92 Å². The molecule has 0 radical (unpaired) electrons. The number of anilines is 1. The van der Waals surface area contributed by atoms with Gasteiger partial charge in [0.25, 0.3) is 0 Å². The molecular weight excluding hydrogens is 204 g/mol. The molecule has 0 bridgehead atoms. The molecule has 1 N–H and O–H groups in total. The Morgan fingerprint density at radius 2 is 2.38 bits per heavy atom. The van der Waals surface area contributed by atoms with E-state index in [0.29, 0.717) is 5.92 Å². The van der Waals surface area contributed by atoms with Crippen molar-refractivity contribution in [2.75, 3.05) is 18.5 Å². The van der Waals surface area contributed by atoms with Crippen LogP contribution >= 0.6 is 0 Å². The highest BCUT2D eigenvalue weighted by Gasteiger charge is 2.31. The molecule has 1 aliphatic rings. The molecule has 2 atom stereocenters. The largest absolute Gasteiger partial charge is 0.470 e. The number of rotatable bonds is 2. The first-order valence-electron chi connectivity index (χ1n) is 5.75. The van der Waals surface area contributed by atoms with E-state index in [1.165, 1.54) is 0 Å². The quantitative estimate of drug-likeness (QED) is 0.827. The first kappa shape index (κ1) is 11.2. The lowest BCUT2D eigenvalue weighted by Crippen LogP contribution is -2.47.